The molecule has 2 aliphatic heterocycles. The Morgan fingerprint density at radius 1 is 0.697 bits per heavy atom. The lowest BCUT2D eigenvalue weighted by Crippen LogP contribution is -2.55. The second kappa shape index (κ2) is 25.1. The summed E-state index contributed by atoms with van der Waals surface area (Å²) in [5, 5.41) is 16.2. The van der Waals surface area contributed by atoms with Gasteiger partial charge in [0, 0.05) is 32.4 Å². The Kier molecular flexibility index (Phi) is 19.1. The molecule has 66 heavy (non-hydrogen) atoms. The number of amides is 6. The normalized spacial score (nSPS) is 16.9. The monoisotopic (exact) mass is 904 g/mol. The number of nitrogens with zero attached hydrogens (tertiary/aromatic N) is 2. The van der Waals surface area contributed by atoms with Gasteiger partial charge in [-0.05, 0) is 69.2 Å². The maximum atomic E-state index is 13.5. The maximum absolute atomic E-state index is 13.5. The van der Waals surface area contributed by atoms with E-state index in [2.05, 4.69) is 21.6 Å². The van der Waals surface area contributed by atoms with Crippen LogP contribution in [0.3, 0.4) is 0 Å². The first-order chi connectivity index (χ1) is 31.7. The number of hydrogen-bond donors (Lipinski definition) is 5. The highest BCUT2D eigenvalue weighted by atomic mass is 16.7. The molecule has 16 heteroatoms. The molecule has 6 amide bonds. The Balaban J connectivity index is 0.000000247. The van der Waals surface area contributed by atoms with E-state index in [4.69, 9.17) is 9.68 Å². The first kappa shape index (κ1) is 50.3. The van der Waals surface area contributed by atoms with Crippen LogP contribution in [0.2, 0.25) is 0 Å². The molecule has 2 aliphatic rings. The standard InChI is InChI=1S/C25H31N3O5.C25H29N3O5/c1-17(2)33-27-25(32)23(30)20(15-18-9-5-3-6-10-18)26-24(31)21-13-14-22(29)28(21)16-19-11-7-4-8-12-19;1-17(2)33-27-24(31)23(30)21(15-18-9-5-3-6-10-18)28(16-19-11-7-4-8-12-19)25(32)20-13-14-22(29)26-20/h3-12,17,20-21,23,30H,13-16H2,1-2H3,(H,26,31)(H,27,32);3-12,17,20-21H,13-16H2,1-2H3,(H,26,29)(H,27,31)/t;20-,21?/m.1/s1. The molecule has 6 rings (SSSR count). The summed E-state index contributed by atoms with van der Waals surface area (Å²) < 4.78 is 0. The molecule has 0 saturated carbocycles. The van der Waals surface area contributed by atoms with Crippen molar-refractivity contribution in [1.29, 1.82) is 0 Å². The van der Waals surface area contributed by atoms with E-state index in [-0.39, 0.29) is 56.3 Å². The quantitative estimate of drug-likeness (QED) is 0.0642. The van der Waals surface area contributed by atoms with E-state index in [0.717, 1.165) is 22.3 Å². The Morgan fingerprint density at radius 2 is 1.21 bits per heavy atom. The first-order valence-corrected chi connectivity index (χ1v) is 22.2. The number of likely N-dealkylation sites (tertiary alicyclic amines) is 1. The number of ketones is 1. The summed E-state index contributed by atoms with van der Waals surface area (Å²) in [6.45, 7) is 7.38. The summed E-state index contributed by atoms with van der Waals surface area (Å²) in [7, 11) is 0. The van der Waals surface area contributed by atoms with Crippen molar-refractivity contribution >= 4 is 41.2 Å². The average molecular weight is 905 g/mol. The predicted octanol–water partition coefficient (Wildman–Crippen LogP) is 3.65. The summed E-state index contributed by atoms with van der Waals surface area (Å²) in [5.41, 5.74) is 7.80. The Labute approximate surface area is 385 Å². The van der Waals surface area contributed by atoms with Crippen LogP contribution in [0, 0.1) is 0 Å². The number of aliphatic hydroxyl groups is 1. The molecule has 4 aromatic rings. The van der Waals surface area contributed by atoms with Crippen LogP contribution in [0.1, 0.15) is 75.6 Å². The van der Waals surface area contributed by atoms with Gasteiger partial charge in [0.15, 0.2) is 6.10 Å². The number of Topliss-reactive ketones (excluding diaryl/α,β-unsaturated/α-hetero) is 1. The summed E-state index contributed by atoms with van der Waals surface area (Å²) in [5.74, 6) is -3.54. The van der Waals surface area contributed by atoms with Crippen LogP contribution >= 0.6 is 0 Å². The van der Waals surface area contributed by atoms with Crippen molar-refractivity contribution in [3.63, 3.8) is 0 Å². The molecule has 0 radical (unpaired) electrons. The van der Waals surface area contributed by atoms with Crippen LogP contribution in [0.15, 0.2) is 121 Å². The minimum absolute atomic E-state index is 0.0952. The van der Waals surface area contributed by atoms with E-state index < -0.39 is 59.7 Å². The third-order valence-electron chi connectivity index (χ3n) is 10.8. The van der Waals surface area contributed by atoms with Gasteiger partial charge in [-0.3, -0.25) is 43.2 Å². The number of carbonyl (C=O) groups is 7. The maximum Gasteiger partial charge on any atom is 0.313 e. The van der Waals surface area contributed by atoms with Crippen molar-refractivity contribution in [3.8, 4) is 0 Å². The average Bonchev–Trinajstić information content (AvgIpc) is 3.93. The fourth-order valence-electron chi connectivity index (χ4n) is 7.47. The highest BCUT2D eigenvalue weighted by Crippen LogP contribution is 2.23. The van der Waals surface area contributed by atoms with Crippen LogP contribution in [-0.4, -0.2) is 98.6 Å². The lowest BCUT2D eigenvalue weighted by molar-refractivity contribution is -0.153. The number of hydroxylamine groups is 2. The second-order valence-electron chi connectivity index (χ2n) is 16.7. The van der Waals surface area contributed by atoms with E-state index in [1.54, 1.807) is 32.6 Å². The van der Waals surface area contributed by atoms with Gasteiger partial charge >= 0.3 is 5.91 Å². The van der Waals surface area contributed by atoms with Gasteiger partial charge in [0.05, 0.1) is 18.2 Å². The van der Waals surface area contributed by atoms with Crippen molar-refractivity contribution in [2.45, 2.75) is 122 Å². The van der Waals surface area contributed by atoms with Gasteiger partial charge in [-0.2, -0.15) is 0 Å². The molecule has 350 valence electrons. The Morgan fingerprint density at radius 3 is 1.74 bits per heavy atom. The number of aliphatic hydroxyl groups excluding tert-OH is 1. The molecule has 0 spiro atoms. The SMILES string of the molecule is CC(C)ONC(=O)C(=O)C(Cc1ccccc1)N(Cc1ccccc1)C(=O)[C@H]1CCC(=O)N1.CC(C)ONC(=O)C(O)C(Cc1ccccc1)NC(=O)C1CCC(=O)N1Cc1ccccc1. The van der Waals surface area contributed by atoms with Crippen LogP contribution in [0.25, 0.3) is 0 Å². The fraction of sp³-hybridized carbons (Fsp3) is 0.380. The molecular weight excluding hydrogens is 845 g/mol. The summed E-state index contributed by atoms with van der Waals surface area (Å²) in [6.07, 6.45) is -0.477. The topological polar surface area (TPSA) is 213 Å². The predicted molar refractivity (Wildman–Crippen MR) is 244 cm³/mol. The van der Waals surface area contributed by atoms with Crippen molar-refractivity contribution in [2.75, 3.05) is 0 Å². The largest absolute Gasteiger partial charge is 0.381 e. The Bertz CT molecular complexity index is 2230. The molecule has 4 aromatic carbocycles. The van der Waals surface area contributed by atoms with Gasteiger partial charge < -0.3 is 25.5 Å². The van der Waals surface area contributed by atoms with Crippen molar-refractivity contribution in [3.05, 3.63) is 144 Å². The van der Waals surface area contributed by atoms with Gasteiger partial charge in [-0.1, -0.05) is 121 Å². The minimum Gasteiger partial charge on any atom is -0.381 e. The number of rotatable bonds is 20. The lowest BCUT2D eigenvalue weighted by atomic mass is 9.98. The number of hydrogen-bond acceptors (Lipinski definition) is 10. The lowest BCUT2D eigenvalue weighted by Gasteiger charge is -2.32. The zero-order chi connectivity index (χ0) is 47.6. The molecule has 2 fully saturated rings. The summed E-state index contributed by atoms with van der Waals surface area (Å²) in [6, 6.07) is 33.8. The molecule has 0 aliphatic carbocycles. The van der Waals surface area contributed by atoms with Crippen molar-refractivity contribution in [2.24, 2.45) is 0 Å². The fourth-order valence-corrected chi connectivity index (χ4v) is 7.47. The van der Waals surface area contributed by atoms with Crippen molar-refractivity contribution in [1.82, 2.24) is 31.4 Å². The molecule has 4 unspecified atom stereocenters. The van der Waals surface area contributed by atoms with Gasteiger partial charge in [0.25, 0.3) is 5.91 Å². The summed E-state index contributed by atoms with van der Waals surface area (Å²) in [4.78, 5) is 103. The number of benzene rings is 4. The Hall–Kier alpha value is -6.75. The highest BCUT2D eigenvalue weighted by molar-refractivity contribution is 6.38. The van der Waals surface area contributed by atoms with Crippen LogP contribution in [0.4, 0.5) is 0 Å². The van der Waals surface area contributed by atoms with Crippen LogP contribution in [0.5, 0.6) is 0 Å². The molecule has 2 saturated heterocycles. The zero-order valence-electron chi connectivity index (χ0n) is 37.8. The molecule has 16 nitrogen and oxygen atoms in total. The van der Waals surface area contributed by atoms with Gasteiger partial charge in [0.2, 0.25) is 29.4 Å². The third-order valence-corrected chi connectivity index (χ3v) is 10.8. The van der Waals surface area contributed by atoms with Gasteiger partial charge in [-0.15, -0.1) is 0 Å². The number of nitrogens with one attached hydrogen (secondary N) is 4. The van der Waals surface area contributed by atoms with Crippen LogP contribution in [-0.2, 0) is 69.2 Å². The van der Waals surface area contributed by atoms with Crippen LogP contribution < -0.4 is 21.6 Å². The molecule has 0 bridgehead atoms. The number of carbonyl (C=O) groups excluding carboxylic acids is 7. The van der Waals surface area contributed by atoms with E-state index in [1.165, 1.54) is 4.90 Å². The molecule has 0 aromatic heterocycles. The third kappa shape index (κ3) is 15.2. The van der Waals surface area contributed by atoms with E-state index >= 15 is 0 Å². The van der Waals surface area contributed by atoms with E-state index in [1.807, 2.05) is 121 Å². The zero-order valence-corrected chi connectivity index (χ0v) is 37.8. The minimum atomic E-state index is -1.53. The van der Waals surface area contributed by atoms with E-state index in [9.17, 15) is 38.7 Å². The molecule has 5 N–H and O–H groups in total. The van der Waals surface area contributed by atoms with Gasteiger partial charge in [0.1, 0.15) is 18.1 Å². The highest BCUT2D eigenvalue weighted by Gasteiger charge is 2.40. The van der Waals surface area contributed by atoms with Crippen molar-refractivity contribution < 1.29 is 48.3 Å². The second-order valence-corrected chi connectivity index (χ2v) is 16.7. The molecule has 5 atom stereocenters. The molecular formula is C50H60N6O10. The first-order valence-electron chi connectivity index (χ1n) is 22.2. The van der Waals surface area contributed by atoms with Gasteiger partial charge in [-0.25, -0.2) is 11.0 Å². The van der Waals surface area contributed by atoms with E-state index in [0.29, 0.717) is 19.4 Å². The smallest absolute Gasteiger partial charge is 0.313 e. The molecule has 2 heterocycles. The summed E-state index contributed by atoms with van der Waals surface area (Å²) >= 11 is 0.